The number of hydrogen-bond donors (Lipinski definition) is 1. The Morgan fingerprint density at radius 2 is 1.89 bits per heavy atom. The first-order valence-electron chi connectivity index (χ1n) is 6.51. The third-order valence-electron chi connectivity index (χ3n) is 3.84. The van der Waals surface area contributed by atoms with Gasteiger partial charge in [-0.1, -0.05) is 37.3 Å². The molecule has 1 aliphatic rings. The van der Waals surface area contributed by atoms with E-state index in [2.05, 4.69) is 0 Å². The number of rotatable bonds is 2. The van der Waals surface area contributed by atoms with E-state index in [1.807, 2.05) is 6.92 Å². The lowest BCUT2D eigenvalue weighted by atomic mass is 9.92. The molecule has 1 aliphatic heterocycles. The number of alkyl halides is 3. The number of nitrogens with zero attached hydrogens (tertiary/aromatic N) is 1. The van der Waals surface area contributed by atoms with Crippen molar-refractivity contribution in [2.75, 3.05) is 13.1 Å². The molecule has 0 aromatic heterocycles. The zero-order valence-electron chi connectivity index (χ0n) is 10.9. The maximum atomic E-state index is 13.3. The van der Waals surface area contributed by atoms with Crippen LogP contribution in [0.15, 0.2) is 30.3 Å². The summed E-state index contributed by atoms with van der Waals surface area (Å²) in [4.78, 5) is 1.46. The highest BCUT2D eigenvalue weighted by Crippen LogP contribution is 2.39. The van der Waals surface area contributed by atoms with E-state index in [4.69, 9.17) is 5.73 Å². The van der Waals surface area contributed by atoms with Crippen molar-refractivity contribution in [3.8, 4) is 0 Å². The number of halogens is 3. The Morgan fingerprint density at radius 1 is 1.26 bits per heavy atom. The normalized spacial score (nSPS) is 27.2. The van der Waals surface area contributed by atoms with Gasteiger partial charge in [-0.05, 0) is 24.4 Å². The average Bonchev–Trinajstić information content (AvgIpc) is 2.34. The summed E-state index contributed by atoms with van der Waals surface area (Å²) in [5, 5.41) is 0. The molecule has 1 saturated heterocycles. The van der Waals surface area contributed by atoms with Crippen molar-refractivity contribution in [2.45, 2.75) is 31.6 Å². The van der Waals surface area contributed by atoms with Gasteiger partial charge in [0.05, 0.1) is 0 Å². The predicted octanol–water partition coefficient (Wildman–Crippen LogP) is 2.96. The van der Waals surface area contributed by atoms with E-state index in [1.54, 1.807) is 18.2 Å². The molecular weight excluding hydrogens is 253 g/mol. The molecule has 3 unspecified atom stereocenters. The second-order valence-electron chi connectivity index (χ2n) is 5.28. The van der Waals surface area contributed by atoms with Crippen LogP contribution in [0.25, 0.3) is 0 Å². The van der Waals surface area contributed by atoms with Gasteiger partial charge in [-0.25, -0.2) is 0 Å². The van der Waals surface area contributed by atoms with Gasteiger partial charge >= 0.3 is 6.18 Å². The summed E-state index contributed by atoms with van der Waals surface area (Å²) in [6.45, 7) is 2.72. The summed E-state index contributed by atoms with van der Waals surface area (Å²) in [7, 11) is 0. The van der Waals surface area contributed by atoms with E-state index in [9.17, 15) is 13.2 Å². The zero-order valence-corrected chi connectivity index (χ0v) is 10.9. The second-order valence-corrected chi connectivity index (χ2v) is 5.28. The molecule has 3 atom stereocenters. The van der Waals surface area contributed by atoms with E-state index in [1.165, 1.54) is 17.0 Å². The van der Waals surface area contributed by atoms with Gasteiger partial charge in [0.15, 0.2) is 0 Å². The molecule has 0 radical (unpaired) electrons. The molecule has 0 bridgehead atoms. The minimum Gasteiger partial charge on any atom is -0.326 e. The van der Waals surface area contributed by atoms with Crippen molar-refractivity contribution in [2.24, 2.45) is 11.7 Å². The van der Waals surface area contributed by atoms with Crippen LogP contribution >= 0.6 is 0 Å². The lowest BCUT2D eigenvalue weighted by molar-refractivity contribution is -0.190. The molecule has 0 spiro atoms. The van der Waals surface area contributed by atoms with Gasteiger partial charge in [0.25, 0.3) is 0 Å². The first-order valence-corrected chi connectivity index (χ1v) is 6.51. The quantitative estimate of drug-likeness (QED) is 0.897. The number of hydrogen-bond acceptors (Lipinski definition) is 2. The summed E-state index contributed by atoms with van der Waals surface area (Å²) < 4.78 is 40.0. The van der Waals surface area contributed by atoms with Crippen LogP contribution < -0.4 is 5.73 Å². The van der Waals surface area contributed by atoms with Crippen molar-refractivity contribution in [1.82, 2.24) is 4.90 Å². The largest absolute Gasteiger partial charge is 0.408 e. The van der Waals surface area contributed by atoms with E-state index in [0.29, 0.717) is 19.5 Å². The Labute approximate surface area is 111 Å². The Morgan fingerprint density at radius 3 is 2.42 bits per heavy atom. The van der Waals surface area contributed by atoms with Crippen molar-refractivity contribution < 1.29 is 13.2 Å². The van der Waals surface area contributed by atoms with Gasteiger partial charge in [-0.15, -0.1) is 0 Å². The SMILES string of the molecule is CC1CCN(C(c2ccccc2)C(F)(F)F)CC1N. The standard InChI is InChI=1S/C14H19F3N2/c1-10-7-8-19(9-12(10)18)13(14(15,16)17)11-5-3-2-4-6-11/h2-6,10,12-13H,7-9,18H2,1H3. The van der Waals surface area contributed by atoms with Crippen molar-refractivity contribution in [3.05, 3.63) is 35.9 Å². The molecular formula is C14H19F3N2. The molecule has 19 heavy (non-hydrogen) atoms. The maximum absolute atomic E-state index is 13.3. The fourth-order valence-corrected chi connectivity index (χ4v) is 2.60. The van der Waals surface area contributed by atoms with Crippen LogP contribution in [0.3, 0.4) is 0 Å². The lowest BCUT2D eigenvalue weighted by Crippen LogP contribution is -2.51. The molecule has 2 nitrogen and oxygen atoms in total. The zero-order chi connectivity index (χ0) is 14.0. The molecule has 1 heterocycles. The Kier molecular flexibility index (Phi) is 4.16. The molecule has 1 aromatic rings. The Balaban J connectivity index is 2.25. The van der Waals surface area contributed by atoms with Crippen LogP contribution in [0.1, 0.15) is 24.9 Å². The molecule has 1 fully saturated rings. The molecule has 2 rings (SSSR count). The Hall–Kier alpha value is -1.07. The van der Waals surface area contributed by atoms with E-state index < -0.39 is 12.2 Å². The van der Waals surface area contributed by atoms with Gasteiger partial charge in [0.1, 0.15) is 6.04 Å². The van der Waals surface area contributed by atoms with E-state index >= 15 is 0 Å². The molecule has 0 aliphatic carbocycles. The van der Waals surface area contributed by atoms with Crippen LogP contribution in [-0.4, -0.2) is 30.2 Å². The fraction of sp³-hybridized carbons (Fsp3) is 0.571. The van der Waals surface area contributed by atoms with E-state index in [0.717, 1.165) is 0 Å². The highest BCUT2D eigenvalue weighted by Gasteiger charge is 2.46. The molecule has 0 saturated carbocycles. The fourth-order valence-electron chi connectivity index (χ4n) is 2.60. The van der Waals surface area contributed by atoms with Crippen molar-refractivity contribution in [3.63, 3.8) is 0 Å². The van der Waals surface area contributed by atoms with Gasteiger partial charge < -0.3 is 5.73 Å². The average molecular weight is 272 g/mol. The molecule has 5 heteroatoms. The predicted molar refractivity (Wildman–Crippen MR) is 68.6 cm³/mol. The second kappa shape index (κ2) is 5.51. The van der Waals surface area contributed by atoms with Crippen molar-refractivity contribution >= 4 is 0 Å². The highest BCUT2D eigenvalue weighted by atomic mass is 19.4. The minimum atomic E-state index is -4.28. The summed E-state index contributed by atoms with van der Waals surface area (Å²) in [5.41, 5.74) is 6.21. The highest BCUT2D eigenvalue weighted by molar-refractivity contribution is 5.21. The van der Waals surface area contributed by atoms with Crippen LogP contribution in [0.2, 0.25) is 0 Å². The molecule has 106 valence electrons. The van der Waals surface area contributed by atoms with Gasteiger partial charge in [0.2, 0.25) is 0 Å². The van der Waals surface area contributed by atoms with Gasteiger partial charge in [0, 0.05) is 12.6 Å². The van der Waals surface area contributed by atoms with E-state index in [-0.39, 0.29) is 17.5 Å². The monoisotopic (exact) mass is 272 g/mol. The number of likely N-dealkylation sites (tertiary alicyclic amines) is 1. The third kappa shape index (κ3) is 3.28. The molecule has 1 aromatic carbocycles. The summed E-state index contributed by atoms with van der Waals surface area (Å²) in [5.74, 6) is 0.279. The molecule has 2 N–H and O–H groups in total. The third-order valence-corrected chi connectivity index (χ3v) is 3.84. The van der Waals surface area contributed by atoms with Crippen LogP contribution in [0.4, 0.5) is 13.2 Å². The summed E-state index contributed by atoms with van der Waals surface area (Å²) in [6.07, 6.45) is -3.57. The Bertz CT molecular complexity index is 405. The first-order chi connectivity index (χ1) is 8.89. The topological polar surface area (TPSA) is 29.3 Å². The summed E-state index contributed by atoms with van der Waals surface area (Å²) >= 11 is 0. The minimum absolute atomic E-state index is 0.192. The number of benzene rings is 1. The first kappa shape index (κ1) is 14.3. The summed E-state index contributed by atoms with van der Waals surface area (Å²) in [6, 6.07) is 6.32. The number of piperidine rings is 1. The molecule has 0 amide bonds. The van der Waals surface area contributed by atoms with Crippen LogP contribution in [-0.2, 0) is 0 Å². The smallest absolute Gasteiger partial charge is 0.326 e. The van der Waals surface area contributed by atoms with Crippen LogP contribution in [0.5, 0.6) is 0 Å². The van der Waals surface area contributed by atoms with Gasteiger partial charge in [-0.2, -0.15) is 13.2 Å². The maximum Gasteiger partial charge on any atom is 0.408 e. The van der Waals surface area contributed by atoms with Crippen molar-refractivity contribution in [1.29, 1.82) is 0 Å². The lowest BCUT2D eigenvalue weighted by Gasteiger charge is -2.40. The van der Waals surface area contributed by atoms with Crippen LogP contribution in [0, 0.1) is 5.92 Å². The number of nitrogens with two attached hydrogens (primary N) is 1. The van der Waals surface area contributed by atoms with Gasteiger partial charge in [-0.3, -0.25) is 4.90 Å².